The van der Waals surface area contributed by atoms with Crippen molar-refractivity contribution in [1.82, 2.24) is 9.03 Å². The van der Waals surface area contributed by atoms with Crippen LogP contribution in [0.4, 0.5) is 0 Å². The molecule has 0 aromatic heterocycles. The Hall–Kier alpha value is -1.00. The largest absolute Gasteiger partial charge is 0.379 e. The summed E-state index contributed by atoms with van der Waals surface area (Å²) >= 11 is 0. The molecule has 1 aromatic carbocycles. The van der Waals surface area contributed by atoms with Gasteiger partial charge in [-0.1, -0.05) is 18.9 Å². The second-order valence-electron chi connectivity index (χ2n) is 7.06. The summed E-state index contributed by atoms with van der Waals surface area (Å²) in [5, 5.41) is 0. The molecule has 2 fully saturated rings. The van der Waals surface area contributed by atoms with Crippen LogP contribution in [0.25, 0.3) is 0 Å². The third-order valence-corrected chi connectivity index (χ3v) is 8.93. The molecule has 1 N–H and O–H groups in total. The van der Waals surface area contributed by atoms with E-state index in [0.29, 0.717) is 25.2 Å². The van der Waals surface area contributed by atoms with Gasteiger partial charge in [-0.15, -0.1) is 0 Å². The SMILES string of the molecule is O=S1(=O)NC2(CCCC2)Cc2ccc(S(=O)(=O)N3CCOCC3)cc21. The van der Waals surface area contributed by atoms with Crippen LogP contribution in [0.1, 0.15) is 31.2 Å². The number of sulfonamides is 2. The van der Waals surface area contributed by atoms with Gasteiger partial charge in [-0.2, -0.15) is 4.31 Å². The summed E-state index contributed by atoms with van der Waals surface area (Å²) in [6.45, 7) is 1.28. The Bertz CT molecular complexity index is 883. The lowest BCUT2D eigenvalue weighted by atomic mass is 9.90. The zero-order valence-corrected chi connectivity index (χ0v) is 15.5. The molecule has 1 saturated carbocycles. The predicted molar refractivity (Wildman–Crippen MR) is 91.2 cm³/mol. The van der Waals surface area contributed by atoms with Crippen LogP contribution < -0.4 is 4.72 Å². The van der Waals surface area contributed by atoms with Gasteiger partial charge in [0.1, 0.15) is 0 Å². The molecule has 0 atom stereocenters. The lowest BCUT2D eigenvalue weighted by Gasteiger charge is -2.35. The topological polar surface area (TPSA) is 92.8 Å². The van der Waals surface area contributed by atoms with Crippen molar-refractivity contribution in [2.75, 3.05) is 26.3 Å². The van der Waals surface area contributed by atoms with Gasteiger partial charge in [-0.3, -0.25) is 0 Å². The van der Waals surface area contributed by atoms with Gasteiger partial charge in [0.2, 0.25) is 20.0 Å². The van der Waals surface area contributed by atoms with Crippen molar-refractivity contribution in [3.63, 3.8) is 0 Å². The summed E-state index contributed by atoms with van der Waals surface area (Å²) in [6, 6.07) is 4.51. The Balaban J connectivity index is 1.73. The van der Waals surface area contributed by atoms with Crippen LogP contribution in [0.3, 0.4) is 0 Å². The smallest absolute Gasteiger partial charge is 0.243 e. The molecule has 9 heteroatoms. The number of nitrogens with one attached hydrogen (secondary N) is 1. The van der Waals surface area contributed by atoms with Gasteiger partial charge in [0.05, 0.1) is 23.0 Å². The molecule has 1 aromatic rings. The fourth-order valence-electron chi connectivity index (χ4n) is 4.10. The molecule has 0 unspecified atom stereocenters. The number of fused-ring (bicyclic) bond motifs is 1. The van der Waals surface area contributed by atoms with Crippen molar-refractivity contribution >= 4 is 20.0 Å². The highest BCUT2D eigenvalue weighted by Crippen LogP contribution is 2.39. The molecule has 4 rings (SSSR count). The van der Waals surface area contributed by atoms with Crippen molar-refractivity contribution in [2.24, 2.45) is 0 Å². The highest BCUT2D eigenvalue weighted by molar-refractivity contribution is 7.90. The van der Waals surface area contributed by atoms with E-state index < -0.39 is 25.6 Å². The average Bonchev–Trinajstić information content (AvgIpc) is 3.02. The van der Waals surface area contributed by atoms with E-state index in [1.807, 2.05) is 0 Å². The average molecular weight is 386 g/mol. The second-order valence-corrected chi connectivity index (χ2v) is 10.6. The number of hydrogen-bond donors (Lipinski definition) is 1. The summed E-state index contributed by atoms with van der Waals surface area (Å²) < 4.78 is 60.4. The molecule has 2 heterocycles. The first-order valence-electron chi connectivity index (χ1n) is 8.57. The summed E-state index contributed by atoms with van der Waals surface area (Å²) in [4.78, 5) is 0.125. The number of benzene rings is 1. The van der Waals surface area contributed by atoms with E-state index in [4.69, 9.17) is 4.74 Å². The minimum Gasteiger partial charge on any atom is -0.379 e. The van der Waals surface area contributed by atoms with E-state index in [1.165, 1.54) is 16.4 Å². The molecule has 25 heavy (non-hydrogen) atoms. The van der Waals surface area contributed by atoms with Crippen LogP contribution in [-0.4, -0.2) is 53.0 Å². The maximum Gasteiger partial charge on any atom is 0.243 e. The van der Waals surface area contributed by atoms with E-state index in [1.54, 1.807) is 6.07 Å². The van der Waals surface area contributed by atoms with Crippen LogP contribution in [0, 0.1) is 0 Å². The van der Waals surface area contributed by atoms with Gasteiger partial charge in [-0.25, -0.2) is 21.6 Å². The van der Waals surface area contributed by atoms with E-state index in [2.05, 4.69) is 4.72 Å². The Morgan fingerprint density at radius 2 is 1.80 bits per heavy atom. The number of rotatable bonds is 2. The first kappa shape index (κ1) is 17.4. The van der Waals surface area contributed by atoms with Crippen molar-refractivity contribution in [3.05, 3.63) is 23.8 Å². The Morgan fingerprint density at radius 3 is 2.48 bits per heavy atom. The first-order valence-corrected chi connectivity index (χ1v) is 11.5. The van der Waals surface area contributed by atoms with Crippen molar-refractivity contribution in [3.8, 4) is 0 Å². The van der Waals surface area contributed by atoms with Gasteiger partial charge in [0.25, 0.3) is 0 Å². The molecule has 0 amide bonds. The van der Waals surface area contributed by atoms with Crippen LogP contribution in [0.2, 0.25) is 0 Å². The normalized spacial score (nSPS) is 25.8. The monoisotopic (exact) mass is 386 g/mol. The number of morpholine rings is 1. The van der Waals surface area contributed by atoms with Crippen molar-refractivity contribution < 1.29 is 21.6 Å². The van der Waals surface area contributed by atoms with Gasteiger partial charge in [-0.05, 0) is 37.0 Å². The molecule has 0 radical (unpaired) electrons. The van der Waals surface area contributed by atoms with Gasteiger partial charge in [0.15, 0.2) is 0 Å². The predicted octanol–water partition coefficient (Wildman–Crippen LogP) is 0.855. The Labute approximate surface area is 148 Å². The minimum absolute atomic E-state index is 0.0286. The molecular weight excluding hydrogens is 364 g/mol. The molecule has 0 bridgehead atoms. The molecule has 7 nitrogen and oxygen atoms in total. The first-order chi connectivity index (χ1) is 11.8. The summed E-state index contributed by atoms with van der Waals surface area (Å²) in [5.74, 6) is 0. The summed E-state index contributed by atoms with van der Waals surface area (Å²) in [5.41, 5.74) is 0.317. The second kappa shape index (κ2) is 6.02. The van der Waals surface area contributed by atoms with Crippen LogP contribution in [0.5, 0.6) is 0 Å². The maximum atomic E-state index is 12.8. The standard InChI is InChI=1S/C16H22N2O5S2/c19-24(20)15-11-14(25(21,22)18-7-9-23-10-8-18)4-3-13(15)12-16(17-24)5-1-2-6-16/h3-4,11,17H,1-2,5-10,12H2. The fraction of sp³-hybridized carbons (Fsp3) is 0.625. The van der Waals surface area contributed by atoms with Gasteiger partial charge >= 0.3 is 0 Å². The van der Waals surface area contributed by atoms with Crippen LogP contribution in [0.15, 0.2) is 28.0 Å². The van der Waals surface area contributed by atoms with Gasteiger partial charge in [0, 0.05) is 18.6 Å². The number of nitrogens with zero attached hydrogens (tertiary/aromatic N) is 1. The van der Waals surface area contributed by atoms with E-state index in [9.17, 15) is 16.8 Å². The zero-order chi connectivity index (χ0) is 17.7. The summed E-state index contributed by atoms with van der Waals surface area (Å²) in [7, 11) is -7.42. The van der Waals surface area contributed by atoms with Gasteiger partial charge < -0.3 is 4.74 Å². The molecular formula is C16H22N2O5S2. The highest BCUT2D eigenvalue weighted by atomic mass is 32.2. The Kier molecular flexibility index (Phi) is 4.19. The third kappa shape index (κ3) is 3.02. The molecule has 1 spiro atoms. The van der Waals surface area contributed by atoms with E-state index >= 15 is 0 Å². The summed E-state index contributed by atoms with van der Waals surface area (Å²) in [6.07, 6.45) is 4.32. The van der Waals surface area contributed by atoms with Crippen molar-refractivity contribution in [1.29, 1.82) is 0 Å². The molecule has 2 aliphatic heterocycles. The number of ether oxygens (including phenoxy) is 1. The maximum absolute atomic E-state index is 12.8. The molecule has 1 aliphatic carbocycles. The quantitative estimate of drug-likeness (QED) is 0.814. The number of hydrogen-bond acceptors (Lipinski definition) is 5. The van der Waals surface area contributed by atoms with Crippen LogP contribution >= 0.6 is 0 Å². The highest BCUT2D eigenvalue weighted by Gasteiger charge is 2.43. The lowest BCUT2D eigenvalue weighted by Crippen LogP contribution is -2.51. The molecule has 3 aliphatic rings. The van der Waals surface area contributed by atoms with E-state index in [-0.39, 0.29) is 22.9 Å². The lowest BCUT2D eigenvalue weighted by molar-refractivity contribution is 0.0730. The fourth-order valence-corrected chi connectivity index (χ4v) is 7.33. The minimum atomic E-state index is -3.71. The molecule has 1 saturated heterocycles. The van der Waals surface area contributed by atoms with E-state index in [0.717, 1.165) is 25.7 Å². The third-order valence-electron chi connectivity index (χ3n) is 5.38. The van der Waals surface area contributed by atoms with Crippen molar-refractivity contribution in [2.45, 2.75) is 47.4 Å². The molecule has 138 valence electrons. The van der Waals surface area contributed by atoms with Crippen LogP contribution in [-0.2, 0) is 31.2 Å². The zero-order valence-electron chi connectivity index (χ0n) is 13.9. The Morgan fingerprint density at radius 1 is 1.12 bits per heavy atom.